The van der Waals surface area contributed by atoms with Gasteiger partial charge in [0.15, 0.2) is 5.13 Å². The molecule has 4 heteroatoms. The summed E-state index contributed by atoms with van der Waals surface area (Å²) in [5.74, 6) is 0. The maximum absolute atomic E-state index is 4.61. The molecular formula is C16H29N3S. The molecule has 0 saturated heterocycles. The Morgan fingerprint density at radius 3 is 2.75 bits per heavy atom. The fourth-order valence-electron chi connectivity index (χ4n) is 2.86. The van der Waals surface area contributed by atoms with E-state index in [1.165, 1.54) is 42.1 Å². The molecular weight excluding hydrogens is 266 g/mol. The molecule has 0 aromatic carbocycles. The number of rotatable bonds is 6. The van der Waals surface area contributed by atoms with Crippen molar-refractivity contribution in [3.63, 3.8) is 0 Å². The second kappa shape index (κ2) is 6.90. The van der Waals surface area contributed by atoms with Crippen molar-refractivity contribution in [3.8, 4) is 0 Å². The highest BCUT2D eigenvalue weighted by Crippen LogP contribution is 2.38. The molecule has 1 aromatic rings. The van der Waals surface area contributed by atoms with Crippen LogP contribution in [0.25, 0.3) is 0 Å². The summed E-state index contributed by atoms with van der Waals surface area (Å²) >= 11 is 1.84. The number of nitrogens with zero attached hydrogens (tertiary/aromatic N) is 2. The number of thiazole rings is 1. The third kappa shape index (κ3) is 4.19. The zero-order valence-corrected chi connectivity index (χ0v) is 14.2. The predicted molar refractivity (Wildman–Crippen MR) is 88.6 cm³/mol. The third-order valence-corrected chi connectivity index (χ3v) is 5.51. The Morgan fingerprint density at radius 1 is 1.40 bits per heavy atom. The molecule has 0 aliphatic heterocycles. The first-order valence-electron chi connectivity index (χ1n) is 7.90. The van der Waals surface area contributed by atoms with Crippen molar-refractivity contribution in [2.75, 3.05) is 18.5 Å². The van der Waals surface area contributed by atoms with Gasteiger partial charge in [0.25, 0.3) is 0 Å². The molecule has 1 aromatic heterocycles. The molecule has 1 aliphatic rings. The normalized spacial score (nSPS) is 19.2. The first-order valence-corrected chi connectivity index (χ1v) is 8.72. The van der Waals surface area contributed by atoms with Gasteiger partial charge in [0, 0.05) is 30.7 Å². The first-order chi connectivity index (χ1) is 9.52. The minimum absolute atomic E-state index is 0.537. The minimum Gasteiger partial charge on any atom is -0.348 e. The summed E-state index contributed by atoms with van der Waals surface area (Å²) in [5.41, 5.74) is 0.537. The fraction of sp³-hybridized carbons (Fsp3) is 0.812. The smallest absolute Gasteiger partial charge is 0.185 e. The van der Waals surface area contributed by atoms with Gasteiger partial charge in [0.1, 0.15) is 0 Å². The van der Waals surface area contributed by atoms with Crippen LogP contribution in [0.2, 0.25) is 0 Å². The van der Waals surface area contributed by atoms with Crippen molar-refractivity contribution in [1.29, 1.82) is 0 Å². The lowest BCUT2D eigenvalue weighted by Crippen LogP contribution is -2.37. The number of anilines is 1. The van der Waals surface area contributed by atoms with Crippen LogP contribution in [0.15, 0.2) is 6.20 Å². The molecule has 1 heterocycles. The Labute approximate surface area is 127 Å². The second-order valence-corrected chi connectivity index (χ2v) is 7.89. The van der Waals surface area contributed by atoms with Crippen LogP contribution < -0.4 is 10.2 Å². The largest absolute Gasteiger partial charge is 0.348 e. The predicted octanol–water partition coefficient (Wildman–Crippen LogP) is 4.05. The van der Waals surface area contributed by atoms with Crippen molar-refractivity contribution in [1.82, 2.24) is 10.3 Å². The Hall–Kier alpha value is -0.610. The summed E-state index contributed by atoms with van der Waals surface area (Å²) in [6.07, 6.45) is 8.48. The summed E-state index contributed by atoms with van der Waals surface area (Å²) in [7, 11) is 2.21. The van der Waals surface area contributed by atoms with Crippen molar-refractivity contribution in [2.45, 2.75) is 65.5 Å². The van der Waals surface area contributed by atoms with Gasteiger partial charge in [-0.2, -0.15) is 0 Å². The lowest BCUT2D eigenvalue weighted by atomic mass is 9.75. The van der Waals surface area contributed by atoms with Gasteiger partial charge in [0.05, 0.1) is 0 Å². The summed E-state index contributed by atoms with van der Waals surface area (Å²) < 4.78 is 0. The van der Waals surface area contributed by atoms with E-state index in [4.69, 9.17) is 0 Å². The van der Waals surface area contributed by atoms with E-state index in [2.05, 4.69) is 43.0 Å². The lowest BCUT2D eigenvalue weighted by molar-refractivity contribution is 0.222. The van der Waals surface area contributed by atoms with E-state index >= 15 is 0 Å². The van der Waals surface area contributed by atoms with Crippen LogP contribution in [0, 0.1) is 5.41 Å². The molecule has 1 fully saturated rings. The van der Waals surface area contributed by atoms with Gasteiger partial charge >= 0.3 is 0 Å². The average molecular weight is 295 g/mol. The zero-order valence-electron chi connectivity index (χ0n) is 13.4. The Balaban J connectivity index is 1.88. The minimum atomic E-state index is 0.537. The molecule has 1 N–H and O–H groups in total. The number of hydrogen-bond donors (Lipinski definition) is 1. The molecule has 0 radical (unpaired) electrons. The first kappa shape index (κ1) is 15.8. The SMILES string of the molecule is CCCNCc1cnc(N(C)C2CCC(C)(C)CC2)s1. The van der Waals surface area contributed by atoms with Crippen LogP contribution in [0.5, 0.6) is 0 Å². The highest BCUT2D eigenvalue weighted by molar-refractivity contribution is 7.15. The van der Waals surface area contributed by atoms with Crippen LogP contribution >= 0.6 is 11.3 Å². The quantitative estimate of drug-likeness (QED) is 0.803. The average Bonchev–Trinajstić information content (AvgIpc) is 2.87. The summed E-state index contributed by atoms with van der Waals surface area (Å²) in [6, 6.07) is 0.672. The number of aromatic nitrogens is 1. The summed E-state index contributed by atoms with van der Waals surface area (Å²) in [6.45, 7) is 9.02. The molecule has 0 amide bonds. The standard InChI is InChI=1S/C16H29N3S/c1-5-10-17-11-14-12-18-15(20-14)19(4)13-6-8-16(2,3)9-7-13/h12-13,17H,5-11H2,1-4H3. The third-order valence-electron chi connectivity index (χ3n) is 4.43. The molecule has 20 heavy (non-hydrogen) atoms. The molecule has 1 saturated carbocycles. The number of nitrogens with one attached hydrogen (secondary N) is 1. The van der Waals surface area contributed by atoms with Crippen LogP contribution in [-0.4, -0.2) is 24.6 Å². The topological polar surface area (TPSA) is 28.2 Å². The van der Waals surface area contributed by atoms with Gasteiger partial charge in [-0.25, -0.2) is 4.98 Å². The highest BCUT2D eigenvalue weighted by Gasteiger charge is 2.29. The van der Waals surface area contributed by atoms with Crippen molar-refractivity contribution >= 4 is 16.5 Å². The monoisotopic (exact) mass is 295 g/mol. The molecule has 2 rings (SSSR count). The Morgan fingerprint density at radius 2 is 2.10 bits per heavy atom. The maximum atomic E-state index is 4.61. The van der Waals surface area contributed by atoms with E-state index in [1.54, 1.807) is 0 Å². The van der Waals surface area contributed by atoms with E-state index < -0.39 is 0 Å². The Bertz CT molecular complexity index is 404. The van der Waals surface area contributed by atoms with Crippen molar-refractivity contribution in [3.05, 3.63) is 11.1 Å². The molecule has 0 bridgehead atoms. The van der Waals surface area contributed by atoms with Gasteiger partial charge < -0.3 is 10.2 Å². The molecule has 0 atom stereocenters. The van der Waals surface area contributed by atoms with E-state index in [1.807, 2.05) is 17.5 Å². The molecule has 114 valence electrons. The fourth-order valence-corrected chi connectivity index (χ4v) is 3.77. The van der Waals surface area contributed by atoms with Crippen LogP contribution in [0.1, 0.15) is 57.8 Å². The molecule has 0 spiro atoms. The van der Waals surface area contributed by atoms with Gasteiger partial charge in [-0.05, 0) is 44.1 Å². The summed E-state index contributed by atoms with van der Waals surface area (Å²) in [5, 5.41) is 4.63. The van der Waals surface area contributed by atoms with Gasteiger partial charge in [-0.15, -0.1) is 11.3 Å². The zero-order chi connectivity index (χ0) is 14.6. The molecule has 3 nitrogen and oxygen atoms in total. The number of hydrogen-bond acceptors (Lipinski definition) is 4. The molecule has 1 aliphatic carbocycles. The van der Waals surface area contributed by atoms with E-state index in [0.29, 0.717) is 11.5 Å². The second-order valence-electron chi connectivity index (χ2n) is 6.79. The van der Waals surface area contributed by atoms with Crippen molar-refractivity contribution in [2.24, 2.45) is 5.41 Å². The van der Waals surface area contributed by atoms with Gasteiger partial charge in [-0.1, -0.05) is 20.8 Å². The van der Waals surface area contributed by atoms with Gasteiger partial charge in [-0.3, -0.25) is 0 Å². The highest BCUT2D eigenvalue weighted by atomic mass is 32.1. The van der Waals surface area contributed by atoms with Crippen molar-refractivity contribution < 1.29 is 0 Å². The Kier molecular flexibility index (Phi) is 5.44. The van der Waals surface area contributed by atoms with Crippen LogP contribution in [0.4, 0.5) is 5.13 Å². The van der Waals surface area contributed by atoms with Gasteiger partial charge in [0.2, 0.25) is 0 Å². The van der Waals surface area contributed by atoms with Crippen LogP contribution in [-0.2, 0) is 6.54 Å². The molecule has 0 unspecified atom stereocenters. The van der Waals surface area contributed by atoms with E-state index in [0.717, 1.165) is 13.1 Å². The summed E-state index contributed by atoms with van der Waals surface area (Å²) in [4.78, 5) is 8.36. The van der Waals surface area contributed by atoms with E-state index in [-0.39, 0.29) is 0 Å². The van der Waals surface area contributed by atoms with E-state index in [9.17, 15) is 0 Å². The lowest BCUT2D eigenvalue weighted by Gasteiger charge is -2.38. The van der Waals surface area contributed by atoms with Crippen LogP contribution in [0.3, 0.4) is 0 Å². The maximum Gasteiger partial charge on any atom is 0.185 e.